The van der Waals surface area contributed by atoms with Crippen LogP contribution in [0.2, 0.25) is 5.02 Å². The van der Waals surface area contributed by atoms with Gasteiger partial charge < -0.3 is 0 Å². The highest BCUT2D eigenvalue weighted by Gasteiger charge is 2.36. The average Bonchev–Trinajstić information content (AvgIpc) is 2.72. The zero-order chi connectivity index (χ0) is 11.6. The highest BCUT2D eigenvalue weighted by molar-refractivity contribution is 6.30. The Bertz CT molecular complexity index is 443. The van der Waals surface area contributed by atoms with Gasteiger partial charge in [0.2, 0.25) is 6.08 Å². The lowest BCUT2D eigenvalue weighted by Gasteiger charge is -2.25. The van der Waals surface area contributed by atoms with Crippen molar-refractivity contribution in [2.45, 2.75) is 38.1 Å². The summed E-state index contributed by atoms with van der Waals surface area (Å²) in [5.41, 5.74) is 1.86. The molecule has 1 aliphatic rings. The molecule has 3 heteroatoms. The van der Waals surface area contributed by atoms with Crippen LogP contribution in [0.25, 0.3) is 0 Å². The van der Waals surface area contributed by atoms with E-state index < -0.39 is 0 Å². The largest absolute Gasteiger partial charge is 0.235 e. The van der Waals surface area contributed by atoms with Gasteiger partial charge in [-0.1, -0.05) is 30.5 Å². The summed E-state index contributed by atoms with van der Waals surface area (Å²) in [4.78, 5) is 14.7. The molecule has 0 heterocycles. The Labute approximate surface area is 100 Å². The predicted octanol–water partition coefficient (Wildman–Crippen LogP) is 3.75. The van der Waals surface area contributed by atoms with Crippen LogP contribution in [0.4, 0.5) is 0 Å². The first-order chi connectivity index (χ1) is 7.68. The Hall–Kier alpha value is -1.11. The topological polar surface area (TPSA) is 29.4 Å². The van der Waals surface area contributed by atoms with E-state index in [0.717, 1.165) is 36.8 Å². The van der Waals surface area contributed by atoms with Crippen molar-refractivity contribution < 1.29 is 4.79 Å². The van der Waals surface area contributed by atoms with Crippen LogP contribution in [0.5, 0.6) is 0 Å². The van der Waals surface area contributed by atoms with Gasteiger partial charge in [-0.2, -0.15) is 4.99 Å². The minimum atomic E-state index is -0.364. The van der Waals surface area contributed by atoms with Crippen LogP contribution >= 0.6 is 11.6 Å². The summed E-state index contributed by atoms with van der Waals surface area (Å²) in [6.07, 6.45) is 5.78. The second-order valence-corrected chi connectivity index (χ2v) is 4.84. The first kappa shape index (κ1) is 11.4. The molecule has 0 atom stereocenters. The molecule has 1 aromatic carbocycles. The highest BCUT2D eigenvalue weighted by Crippen LogP contribution is 2.43. The standard InChI is InChI=1S/C13H14ClNO/c1-10-4-5-11(14)8-12(10)13(15-9-16)6-2-3-7-13/h4-5,8H,2-3,6-7H2,1H3. The summed E-state index contributed by atoms with van der Waals surface area (Å²) >= 11 is 6.02. The van der Waals surface area contributed by atoms with E-state index in [1.807, 2.05) is 25.1 Å². The zero-order valence-electron chi connectivity index (χ0n) is 9.29. The minimum absolute atomic E-state index is 0.364. The van der Waals surface area contributed by atoms with Gasteiger partial charge in [-0.05, 0) is 43.0 Å². The summed E-state index contributed by atoms with van der Waals surface area (Å²) in [6, 6.07) is 5.79. The summed E-state index contributed by atoms with van der Waals surface area (Å²) in [6.45, 7) is 2.03. The Balaban J connectivity index is 2.54. The third-order valence-corrected chi connectivity index (χ3v) is 3.63. The molecule has 1 fully saturated rings. The van der Waals surface area contributed by atoms with Gasteiger partial charge >= 0.3 is 0 Å². The second-order valence-electron chi connectivity index (χ2n) is 4.40. The lowest BCUT2D eigenvalue weighted by atomic mass is 9.86. The van der Waals surface area contributed by atoms with Crippen molar-refractivity contribution in [2.75, 3.05) is 0 Å². The number of aryl methyl sites for hydroxylation is 1. The molecule has 1 aromatic rings. The Morgan fingerprint density at radius 1 is 1.38 bits per heavy atom. The maximum atomic E-state index is 10.6. The normalized spacial score (nSPS) is 18.1. The van der Waals surface area contributed by atoms with Gasteiger partial charge in [-0.15, -0.1) is 0 Å². The van der Waals surface area contributed by atoms with Gasteiger partial charge in [0.15, 0.2) is 0 Å². The van der Waals surface area contributed by atoms with Gasteiger partial charge in [0.05, 0.1) is 5.54 Å². The van der Waals surface area contributed by atoms with Crippen LogP contribution in [0.15, 0.2) is 23.2 Å². The fourth-order valence-electron chi connectivity index (χ4n) is 2.58. The molecule has 0 amide bonds. The third-order valence-electron chi connectivity index (χ3n) is 3.39. The number of aliphatic imine (C=N–C) groups is 1. The van der Waals surface area contributed by atoms with Crippen molar-refractivity contribution >= 4 is 17.7 Å². The van der Waals surface area contributed by atoms with Crippen LogP contribution in [0.3, 0.4) is 0 Å². The van der Waals surface area contributed by atoms with Crippen LogP contribution in [-0.4, -0.2) is 6.08 Å². The van der Waals surface area contributed by atoms with Crippen molar-refractivity contribution in [3.8, 4) is 0 Å². The number of benzene rings is 1. The number of hydrogen-bond donors (Lipinski definition) is 0. The van der Waals surface area contributed by atoms with Crippen molar-refractivity contribution in [1.82, 2.24) is 0 Å². The molecule has 2 nitrogen and oxygen atoms in total. The molecule has 84 valence electrons. The molecule has 0 N–H and O–H groups in total. The van der Waals surface area contributed by atoms with Gasteiger partial charge in [-0.25, -0.2) is 4.79 Å². The van der Waals surface area contributed by atoms with E-state index in [2.05, 4.69) is 4.99 Å². The maximum absolute atomic E-state index is 10.6. The number of halogens is 1. The molecule has 1 aliphatic carbocycles. The van der Waals surface area contributed by atoms with E-state index in [9.17, 15) is 4.79 Å². The molecule has 0 spiro atoms. The molecule has 0 saturated heterocycles. The smallest absolute Gasteiger partial charge is 0.211 e. The predicted molar refractivity (Wildman–Crippen MR) is 64.5 cm³/mol. The molecule has 0 unspecified atom stereocenters. The van der Waals surface area contributed by atoms with Crippen LogP contribution < -0.4 is 0 Å². The van der Waals surface area contributed by atoms with Crippen molar-refractivity contribution in [2.24, 2.45) is 4.99 Å². The minimum Gasteiger partial charge on any atom is -0.211 e. The van der Waals surface area contributed by atoms with Crippen LogP contribution in [0, 0.1) is 6.92 Å². The lowest BCUT2D eigenvalue weighted by Crippen LogP contribution is -2.20. The summed E-state index contributed by atoms with van der Waals surface area (Å²) in [5.74, 6) is 0. The molecule has 1 saturated carbocycles. The van der Waals surface area contributed by atoms with Gasteiger partial charge in [0.1, 0.15) is 0 Å². The lowest BCUT2D eigenvalue weighted by molar-refractivity contribution is 0.453. The Morgan fingerprint density at radius 2 is 2.06 bits per heavy atom. The van der Waals surface area contributed by atoms with Crippen molar-refractivity contribution in [3.05, 3.63) is 34.3 Å². The highest BCUT2D eigenvalue weighted by atomic mass is 35.5. The second kappa shape index (κ2) is 4.40. The average molecular weight is 236 g/mol. The summed E-state index contributed by atoms with van der Waals surface area (Å²) in [5, 5.41) is 0.702. The third kappa shape index (κ3) is 1.91. The summed E-state index contributed by atoms with van der Waals surface area (Å²) in [7, 11) is 0. The molecule has 0 radical (unpaired) electrons. The quantitative estimate of drug-likeness (QED) is 0.567. The molecular formula is C13H14ClNO. The first-order valence-corrected chi connectivity index (χ1v) is 5.91. The number of isocyanates is 1. The van der Waals surface area contributed by atoms with E-state index >= 15 is 0 Å². The first-order valence-electron chi connectivity index (χ1n) is 5.54. The number of carbonyl (C=O) groups excluding carboxylic acids is 1. The van der Waals surface area contributed by atoms with Gasteiger partial charge in [0.25, 0.3) is 0 Å². The monoisotopic (exact) mass is 235 g/mol. The summed E-state index contributed by atoms with van der Waals surface area (Å²) < 4.78 is 0. The van der Waals surface area contributed by atoms with E-state index in [4.69, 9.17) is 11.6 Å². The number of rotatable bonds is 2. The number of nitrogens with zero attached hydrogens (tertiary/aromatic N) is 1. The Morgan fingerprint density at radius 3 is 2.69 bits per heavy atom. The van der Waals surface area contributed by atoms with E-state index in [-0.39, 0.29) is 5.54 Å². The fraction of sp³-hybridized carbons (Fsp3) is 0.462. The molecule has 0 aromatic heterocycles. The molecule has 16 heavy (non-hydrogen) atoms. The van der Waals surface area contributed by atoms with Crippen LogP contribution in [-0.2, 0) is 10.3 Å². The fourth-order valence-corrected chi connectivity index (χ4v) is 2.76. The molecule has 2 rings (SSSR count). The van der Waals surface area contributed by atoms with Gasteiger partial charge in [0, 0.05) is 5.02 Å². The molecule has 0 aliphatic heterocycles. The Kier molecular flexibility index (Phi) is 3.13. The molecular weight excluding hydrogens is 222 g/mol. The maximum Gasteiger partial charge on any atom is 0.235 e. The SMILES string of the molecule is Cc1ccc(Cl)cc1C1(N=C=O)CCCC1. The van der Waals surface area contributed by atoms with Gasteiger partial charge in [-0.3, -0.25) is 0 Å². The van der Waals surface area contributed by atoms with Crippen molar-refractivity contribution in [1.29, 1.82) is 0 Å². The van der Waals surface area contributed by atoms with E-state index in [0.29, 0.717) is 5.02 Å². The van der Waals surface area contributed by atoms with E-state index in [1.54, 1.807) is 6.08 Å². The van der Waals surface area contributed by atoms with E-state index in [1.165, 1.54) is 0 Å². The zero-order valence-corrected chi connectivity index (χ0v) is 10.0. The molecule has 0 bridgehead atoms. The number of hydrogen-bond acceptors (Lipinski definition) is 2. The van der Waals surface area contributed by atoms with Crippen LogP contribution in [0.1, 0.15) is 36.8 Å². The van der Waals surface area contributed by atoms with Crippen molar-refractivity contribution in [3.63, 3.8) is 0 Å².